The molecule has 0 heterocycles. The van der Waals surface area contributed by atoms with E-state index in [1.54, 1.807) is 0 Å². The van der Waals surface area contributed by atoms with Crippen molar-refractivity contribution in [3.8, 4) is 0 Å². The van der Waals surface area contributed by atoms with Crippen molar-refractivity contribution >= 4 is 11.9 Å². The molecule has 1 amide bonds. The molecule has 3 N–H and O–H groups in total. The summed E-state index contributed by atoms with van der Waals surface area (Å²) in [7, 11) is 0. The van der Waals surface area contributed by atoms with E-state index in [0.717, 1.165) is 6.54 Å². The molecule has 0 aromatic heterocycles. The van der Waals surface area contributed by atoms with Gasteiger partial charge >= 0.3 is 5.97 Å². The van der Waals surface area contributed by atoms with E-state index in [0.29, 0.717) is 13.1 Å². The van der Waals surface area contributed by atoms with Crippen LogP contribution in [0.15, 0.2) is 0 Å². The highest BCUT2D eigenvalue weighted by molar-refractivity contribution is 5.78. The second-order valence-corrected chi connectivity index (χ2v) is 3.45. The number of nitrogens with one attached hydrogen (secondary N) is 2. The van der Waals surface area contributed by atoms with Crippen molar-refractivity contribution in [3.63, 3.8) is 0 Å². The summed E-state index contributed by atoms with van der Waals surface area (Å²) in [5, 5.41) is 14.0. The molecule has 1 atom stereocenters. The number of carboxylic acids is 1. The van der Waals surface area contributed by atoms with Crippen LogP contribution in [0.4, 0.5) is 0 Å². The van der Waals surface area contributed by atoms with Crippen molar-refractivity contribution in [2.75, 3.05) is 32.8 Å². The predicted octanol–water partition coefficient (Wildman–Crippen LogP) is -0.551. The van der Waals surface area contributed by atoms with Gasteiger partial charge in [-0.1, -0.05) is 13.8 Å². The second-order valence-electron chi connectivity index (χ2n) is 3.45. The van der Waals surface area contributed by atoms with Crippen molar-refractivity contribution in [2.24, 2.45) is 5.92 Å². The zero-order valence-electron chi connectivity index (χ0n) is 9.78. The Kier molecular flexibility index (Phi) is 8.46. The van der Waals surface area contributed by atoms with Gasteiger partial charge in [0.05, 0.1) is 6.61 Å². The molecule has 0 radical (unpaired) electrons. The molecule has 0 aromatic carbocycles. The van der Waals surface area contributed by atoms with Crippen molar-refractivity contribution in [3.05, 3.63) is 0 Å². The van der Waals surface area contributed by atoms with Gasteiger partial charge in [-0.2, -0.15) is 0 Å². The van der Waals surface area contributed by atoms with Crippen LogP contribution >= 0.6 is 0 Å². The number of hydrogen-bond donors (Lipinski definition) is 3. The van der Waals surface area contributed by atoms with E-state index in [-0.39, 0.29) is 25.0 Å². The first-order valence-electron chi connectivity index (χ1n) is 5.35. The first-order valence-corrected chi connectivity index (χ1v) is 5.35. The van der Waals surface area contributed by atoms with Gasteiger partial charge in [0.1, 0.15) is 6.61 Å². The van der Waals surface area contributed by atoms with Crippen LogP contribution in [-0.2, 0) is 14.3 Å². The van der Waals surface area contributed by atoms with Crippen molar-refractivity contribution < 1.29 is 19.4 Å². The molecular formula is C10H20N2O4. The SMILES string of the molecule is CCNCC(C)C(=O)NCCOCC(=O)O. The van der Waals surface area contributed by atoms with Crippen LogP contribution < -0.4 is 10.6 Å². The summed E-state index contributed by atoms with van der Waals surface area (Å²) >= 11 is 0. The molecule has 0 saturated carbocycles. The Morgan fingerprint density at radius 1 is 1.44 bits per heavy atom. The summed E-state index contributed by atoms with van der Waals surface area (Å²) in [6, 6.07) is 0. The van der Waals surface area contributed by atoms with E-state index in [2.05, 4.69) is 10.6 Å². The molecule has 0 aliphatic rings. The number of carboxylic acid groups (broad SMARTS) is 1. The highest BCUT2D eigenvalue weighted by atomic mass is 16.5. The van der Waals surface area contributed by atoms with Crippen molar-refractivity contribution in [2.45, 2.75) is 13.8 Å². The number of carbonyl (C=O) groups excluding carboxylic acids is 1. The first kappa shape index (κ1) is 14.9. The van der Waals surface area contributed by atoms with Crippen molar-refractivity contribution in [1.82, 2.24) is 10.6 Å². The molecule has 6 heteroatoms. The maximum atomic E-state index is 11.4. The molecule has 0 aliphatic carbocycles. The van der Waals surface area contributed by atoms with Crippen LogP contribution in [0.25, 0.3) is 0 Å². The third-order valence-corrected chi connectivity index (χ3v) is 1.92. The van der Waals surface area contributed by atoms with Gasteiger partial charge in [-0.25, -0.2) is 4.79 Å². The van der Waals surface area contributed by atoms with Crippen LogP contribution in [0.3, 0.4) is 0 Å². The Morgan fingerprint density at radius 2 is 2.12 bits per heavy atom. The number of aliphatic carboxylic acids is 1. The third kappa shape index (κ3) is 8.19. The van der Waals surface area contributed by atoms with E-state index >= 15 is 0 Å². The van der Waals surface area contributed by atoms with Gasteiger partial charge in [0.15, 0.2) is 0 Å². The van der Waals surface area contributed by atoms with E-state index in [9.17, 15) is 9.59 Å². The minimum atomic E-state index is -1.01. The van der Waals surface area contributed by atoms with Gasteiger partial charge < -0.3 is 20.5 Å². The Morgan fingerprint density at radius 3 is 2.69 bits per heavy atom. The van der Waals surface area contributed by atoms with E-state index < -0.39 is 5.97 Å². The normalized spacial score (nSPS) is 12.1. The summed E-state index contributed by atoms with van der Waals surface area (Å²) < 4.78 is 4.78. The molecule has 0 bridgehead atoms. The fourth-order valence-corrected chi connectivity index (χ4v) is 1.03. The lowest BCUT2D eigenvalue weighted by Crippen LogP contribution is -2.37. The van der Waals surface area contributed by atoms with Gasteiger partial charge in [0.25, 0.3) is 0 Å². The van der Waals surface area contributed by atoms with Crippen LogP contribution in [0.2, 0.25) is 0 Å². The van der Waals surface area contributed by atoms with E-state index in [1.807, 2.05) is 13.8 Å². The summed E-state index contributed by atoms with van der Waals surface area (Å²) in [5.74, 6) is -1.16. The highest BCUT2D eigenvalue weighted by Crippen LogP contribution is 1.91. The lowest BCUT2D eigenvalue weighted by atomic mass is 10.1. The average Bonchev–Trinajstić information content (AvgIpc) is 2.24. The molecule has 0 spiro atoms. The first-order chi connectivity index (χ1) is 7.57. The lowest BCUT2D eigenvalue weighted by Gasteiger charge is -2.12. The van der Waals surface area contributed by atoms with Crippen molar-refractivity contribution in [1.29, 1.82) is 0 Å². The summed E-state index contributed by atoms with van der Waals surface area (Å²) in [5.41, 5.74) is 0. The van der Waals surface area contributed by atoms with Crippen LogP contribution in [0.1, 0.15) is 13.8 Å². The maximum Gasteiger partial charge on any atom is 0.329 e. The fourth-order valence-electron chi connectivity index (χ4n) is 1.03. The molecule has 0 aromatic rings. The molecule has 0 saturated heterocycles. The monoisotopic (exact) mass is 232 g/mol. The van der Waals surface area contributed by atoms with Crippen LogP contribution in [0.5, 0.6) is 0 Å². The molecule has 0 rings (SSSR count). The topological polar surface area (TPSA) is 87.7 Å². The second kappa shape index (κ2) is 9.11. The van der Waals surface area contributed by atoms with Gasteiger partial charge in [-0.05, 0) is 6.54 Å². The molecule has 94 valence electrons. The quantitative estimate of drug-likeness (QED) is 0.464. The molecular weight excluding hydrogens is 212 g/mol. The zero-order valence-corrected chi connectivity index (χ0v) is 9.78. The van der Waals surface area contributed by atoms with E-state index in [4.69, 9.17) is 9.84 Å². The largest absolute Gasteiger partial charge is 0.480 e. The van der Waals surface area contributed by atoms with Gasteiger partial charge in [0, 0.05) is 19.0 Å². The summed E-state index contributed by atoms with van der Waals surface area (Å²) in [6.07, 6.45) is 0. The minimum absolute atomic E-state index is 0.0557. The van der Waals surface area contributed by atoms with E-state index in [1.165, 1.54) is 0 Å². The third-order valence-electron chi connectivity index (χ3n) is 1.92. The highest BCUT2D eigenvalue weighted by Gasteiger charge is 2.10. The Labute approximate surface area is 95.4 Å². The van der Waals surface area contributed by atoms with Crippen LogP contribution in [0, 0.1) is 5.92 Å². The zero-order chi connectivity index (χ0) is 12.4. The Bertz CT molecular complexity index is 221. The molecule has 1 unspecified atom stereocenters. The lowest BCUT2D eigenvalue weighted by molar-refractivity contribution is -0.142. The Balaban J connectivity index is 3.45. The summed E-state index contributed by atoms with van der Waals surface area (Å²) in [6.45, 7) is 5.50. The predicted molar refractivity (Wildman–Crippen MR) is 59.2 cm³/mol. The molecule has 0 aliphatic heterocycles. The average molecular weight is 232 g/mol. The fraction of sp³-hybridized carbons (Fsp3) is 0.800. The summed E-state index contributed by atoms with van der Waals surface area (Å²) in [4.78, 5) is 21.5. The van der Waals surface area contributed by atoms with Gasteiger partial charge in [-0.15, -0.1) is 0 Å². The number of rotatable bonds is 9. The molecule has 0 fully saturated rings. The van der Waals surface area contributed by atoms with Gasteiger partial charge in [0.2, 0.25) is 5.91 Å². The minimum Gasteiger partial charge on any atom is -0.480 e. The maximum absolute atomic E-state index is 11.4. The standard InChI is InChI=1S/C10H20N2O4/c1-3-11-6-8(2)10(15)12-4-5-16-7-9(13)14/h8,11H,3-7H2,1-2H3,(H,12,15)(H,13,14). The Hall–Kier alpha value is -1.14. The molecule has 16 heavy (non-hydrogen) atoms. The van der Waals surface area contributed by atoms with Gasteiger partial charge in [-0.3, -0.25) is 4.79 Å². The number of ether oxygens (including phenoxy) is 1. The number of carbonyl (C=O) groups is 2. The smallest absolute Gasteiger partial charge is 0.329 e. The number of amides is 1. The molecule has 6 nitrogen and oxygen atoms in total. The number of hydrogen-bond acceptors (Lipinski definition) is 4. The van der Waals surface area contributed by atoms with Crippen LogP contribution in [-0.4, -0.2) is 49.8 Å².